The topological polar surface area (TPSA) is 64.3 Å². The molecule has 0 saturated heterocycles. The third-order valence-electron chi connectivity index (χ3n) is 3.44. The Morgan fingerprint density at radius 3 is 2.53 bits per heavy atom. The maximum absolute atomic E-state index is 11.9. The zero-order valence-electron chi connectivity index (χ0n) is 12.5. The average Bonchev–Trinajstić information content (AvgIpc) is 2.36. The maximum Gasteiger partial charge on any atom is 0.224 e. The molecular formula is C15H24N2O2. The summed E-state index contributed by atoms with van der Waals surface area (Å²) < 4.78 is 5.37. The van der Waals surface area contributed by atoms with E-state index in [1.165, 1.54) is 0 Å². The van der Waals surface area contributed by atoms with Crippen LogP contribution >= 0.6 is 0 Å². The summed E-state index contributed by atoms with van der Waals surface area (Å²) in [5, 5.41) is 2.96. The summed E-state index contributed by atoms with van der Waals surface area (Å²) in [4.78, 5) is 11.9. The first kappa shape index (κ1) is 15.5. The molecule has 4 heteroatoms. The fourth-order valence-corrected chi connectivity index (χ4v) is 2.10. The van der Waals surface area contributed by atoms with Gasteiger partial charge in [-0.15, -0.1) is 0 Å². The van der Waals surface area contributed by atoms with Gasteiger partial charge in [-0.2, -0.15) is 0 Å². The van der Waals surface area contributed by atoms with Crippen LogP contribution in [0.15, 0.2) is 6.07 Å². The van der Waals surface area contributed by atoms with Crippen LogP contribution in [0.25, 0.3) is 0 Å². The second-order valence-electron chi connectivity index (χ2n) is 5.12. The molecule has 1 atom stereocenters. The number of aryl methyl sites for hydroxylation is 1. The van der Waals surface area contributed by atoms with Crippen molar-refractivity contribution in [3.05, 3.63) is 22.8 Å². The monoisotopic (exact) mass is 264 g/mol. The van der Waals surface area contributed by atoms with Crippen LogP contribution in [0.1, 0.15) is 30.0 Å². The highest BCUT2D eigenvalue weighted by atomic mass is 16.5. The van der Waals surface area contributed by atoms with Gasteiger partial charge in [0.25, 0.3) is 0 Å². The minimum atomic E-state index is 0.00465. The molecule has 19 heavy (non-hydrogen) atoms. The van der Waals surface area contributed by atoms with Crippen LogP contribution in [-0.2, 0) is 4.79 Å². The van der Waals surface area contributed by atoms with Gasteiger partial charge in [0.1, 0.15) is 5.75 Å². The van der Waals surface area contributed by atoms with E-state index in [0.29, 0.717) is 13.0 Å². The van der Waals surface area contributed by atoms with Gasteiger partial charge in [-0.25, -0.2) is 0 Å². The minimum Gasteiger partial charge on any atom is -0.496 e. The molecule has 1 unspecified atom stereocenters. The van der Waals surface area contributed by atoms with Crippen LogP contribution in [-0.4, -0.2) is 19.6 Å². The number of hydrogen-bond acceptors (Lipinski definition) is 3. The summed E-state index contributed by atoms with van der Waals surface area (Å²) in [7, 11) is 1.66. The van der Waals surface area contributed by atoms with Crippen molar-refractivity contribution in [2.24, 2.45) is 11.7 Å². The van der Waals surface area contributed by atoms with E-state index in [1.54, 1.807) is 7.11 Å². The number of hydrogen-bond donors (Lipinski definition) is 2. The van der Waals surface area contributed by atoms with Gasteiger partial charge >= 0.3 is 0 Å². The molecule has 106 valence electrons. The second kappa shape index (κ2) is 6.57. The summed E-state index contributed by atoms with van der Waals surface area (Å²) in [6, 6.07) is 1.95. The van der Waals surface area contributed by atoms with Crippen LogP contribution in [0.2, 0.25) is 0 Å². The molecular weight excluding hydrogens is 240 g/mol. The molecule has 3 N–H and O–H groups in total. The molecule has 0 radical (unpaired) electrons. The SMILES string of the molecule is COc1c(C)cc(NC(=O)CC(C)CN)c(C)c1C. The van der Waals surface area contributed by atoms with Crippen molar-refractivity contribution < 1.29 is 9.53 Å². The fraction of sp³-hybridized carbons (Fsp3) is 0.533. The number of rotatable bonds is 5. The highest BCUT2D eigenvalue weighted by molar-refractivity contribution is 5.92. The number of benzene rings is 1. The van der Waals surface area contributed by atoms with Gasteiger partial charge in [0.2, 0.25) is 5.91 Å². The Kier molecular flexibility index (Phi) is 5.36. The molecule has 0 bridgehead atoms. The number of carbonyl (C=O) groups excluding carboxylic acids is 1. The summed E-state index contributed by atoms with van der Waals surface area (Å²) in [6.07, 6.45) is 0.445. The number of anilines is 1. The van der Waals surface area contributed by atoms with Gasteiger partial charge in [-0.3, -0.25) is 4.79 Å². The molecule has 1 aromatic rings. The third kappa shape index (κ3) is 3.70. The minimum absolute atomic E-state index is 0.00465. The fourth-order valence-electron chi connectivity index (χ4n) is 2.10. The normalized spacial score (nSPS) is 12.1. The summed E-state index contributed by atoms with van der Waals surface area (Å²) >= 11 is 0. The first-order valence-electron chi connectivity index (χ1n) is 6.55. The average molecular weight is 264 g/mol. The van der Waals surface area contributed by atoms with Gasteiger partial charge < -0.3 is 15.8 Å². The number of methoxy groups -OCH3 is 1. The Morgan fingerprint density at radius 1 is 1.37 bits per heavy atom. The molecule has 1 amide bonds. The van der Waals surface area contributed by atoms with Crippen molar-refractivity contribution in [2.45, 2.75) is 34.1 Å². The highest BCUT2D eigenvalue weighted by Gasteiger charge is 2.13. The van der Waals surface area contributed by atoms with E-state index < -0.39 is 0 Å². The number of carbonyl (C=O) groups is 1. The zero-order chi connectivity index (χ0) is 14.6. The molecule has 0 saturated carbocycles. The molecule has 0 fully saturated rings. The number of nitrogens with one attached hydrogen (secondary N) is 1. The van der Waals surface area contributed by atoms with Crippen LogP contribution < -0.4 is 15.8 Å². The molecule has 1 aromatic carbocycles. The van der Waals surface area contributed by atoms with E-state index >= 15 is 0 Å². The number of ether oxygens (including phenoxy) is 1. The Bertz CT molecular complexity index is 470. The first-order chi connectivity index (χ1) is 8.90. The molecule has 1 rings (SSSR count). The Morgan fingerprint density at radius 2 is 2.00 bits per heavy atom. The molecule has 0 aromatic heterocycles. The highest BCUT2D eigenvalue weighted by Crippen LogP contribution is 2.31. The standard InChI is InChI=1S/C15H24N2O2/c1-9(8-16)6-14(18)17-13-7-10(2)15(19-5)12(4)11(13)3/h7,9H,6,8,16H2,1-5H3,(H,17,18). The second-order valence-corrected chi connectivity index (χ2v) is 5.12. The van der Waals surface area contributed by atoms with Crippen LogP contribution in [0, 0.1) is 26.7 Å². The van der Waals surface area contributed by atoms with Gasteiger partial charge in [0.05, 0.1) is 7.11 Å². The van der Waals surface area contributed by atoms with Crippen molar-refractivity contribution in [1.82, 2.24) is 0 Å². The van der Waals surface area contributed by atoms with Crippen molar-refractivity contribution in [2.75, 3.05) is 19.0 Å². The lowest BCUT2D eigenvalue weighted by Gasteiger charge is -2.17. The largest absolute Gasteiger partial charge is 0.496 e. The van der Waals surface area contributed by atoms with E-state index in [-0.39, 0.29) is 11.8 Å². The molecule has 0 heterocycles. The van der Waals surface area contributed by atoms with E-state index in [0.717, 1.165) is 28.1 Å². The van der Waals surface area contributed by atoms with E-state index in [1.807, 2.05) is 33.8 Å². The van der Waals surface area contributed by atoms with Gasteiger partial charge in [0.15, 0.2) is 0 Å². The lowest BCUT2D eigenvalue weighted by molar-refractivity contribution is -0.116. The zero-order valence-corrected chi connectivity index (χ0v) is 12.5. The lowest BCUT2D eigenvalue weighted by atomic mass is 10.0. The van der Waals surface area contributed by atoms with Crippen LogP contribution in [0.5, 0.6) is 5.75 Å². The Hall–Kier alpha value is -1.55. The van der Waals surface area contributed by atoms with Gasteiger partial charge in [-0.1, -0.05) is 6.92 Å². The van der Waals surface area contributed by atoms with Crippen molar-refractivity contribution in [1.29, 1.82) is 0 Å². The Balaban J connectivity index is 2.94. The molecule has 0 spiro atoms. The molecule has 0 aliphatic rings. The van der Waals surface area contributed by atoms with Gasteiger partial charge in [0, 0.05) is 12.1 Å². The van der Waals surface area contributed by atoms with E-state index in [4.69, 9.17) is 10.5 Å². The molecule has 4 nitrogen and oxygen atoms in total. The van der Waals surface area contributed by atoms with Crippen molar-refractivity contribution in [3.8, 4) is 5.75 Å². The van der Waals surface area contributed by atoms with E-state index in [2.05, 4.69) is 5.32 Å². The summed E-state index contributed by atoms with van der Waals surface area (Å²) in [6.45, 7) is 8.45. The number of nitrogens with two attached hydrogens (primary N) is 1. The third-order valence-corrected chi connectivity index (χ3v) is 3.44. The molecule has 0 aliphatic heterocycles. The van der Waals surface area contributed by atoms with Crippen molar-refractivity contribution >= 4 is 11.6 Å². The number of amides is 1. The quantitative estimate of drug-likeness (QED) is 0.859. The van der Waals surface area contributed by atoms with Crippen LogP contribution in [0.3, 0.4) is 0 Å². The Labute approximate surface area is 115 Å². The first-order valence-corrected chi connectivity index (χ1v) is 6.55. The lowest BCUT2D eigenvalue weighted by Crippen LogP contribution is -2.20. The van der Waals surface area contributed by atoms with Crippen molar-refractivity contribution in [3.63, 3.8) is 0 Å². The predicted molar refractivity (Wildman–Crippen MR) is 78.7 cm³/mol. The summed E-state index contributed by atoms with van der Waals surface area (Å²) in [5.41, 5.74) is 9.50. The predicted octanol–water partition coefficient (Wildman–Crippen LogP) is 2.54. The van der Waals surface area contributed by atoms with Gasteiger partial charge in [-0.05, 0) is 56.0 Å². The van der Waals surface area contributed by atoms with E-state index in [9.17, 15) is 4.79 Å². The summed E-state index contributed by atoms with van der Waals surface area (Å²) in [5.74, 6) is 1.08. The molecule has 0 aliphatic carbocycles. The smallest absolute Gasteiger partial charge is 0.224 e. The van der Waals surface area contributed by atoms with Crippen LogP contribution in [0.4, 0.5) is 5.69 Å². The maximum atomic E-state index is 11.9.